The Morgan fingerprint density at radius 1 is 1.06 bits per heavy atom. The van der Waals surface area contributed by atoms with Crippen molar-refractivity contribution in [3.8, 4) is 11.3 Å². The molecule has 0 radical (unpaired) electrons. The summed E-state index contributed by atoms with van der Waals surface area (Å²) in [5.41, 5.74) is -1.26. The van der Waals surface area contributed by atoms with Crippen LogP contribution in [0.3, 0.4) is 0 Å². The van der Waals surface area contributed by atoms with E-state index in [1.807, 2.05) is 0 Å². The molecule has 0 spiro atoms. The lowest BCUT2D eigenvalue weighted by Gasteiger charge is -2.11. The molecule has 0 fully saturated rings. The van der Waals surface area contributed by atoms with Gasteiger partial charge in [0, 0.05) is 18.0 Å². The average Bonchev–Trinajstić information content (AvgIpc) is 2.28. The van der Waals surface area contributed by atoms with Gasteiger partial charge in [0.05, 0.1) is 17.5 Å². The maximum atomic E-state index is 13.0. The van der Waals surface area contributed by atoms with Gasteiger partial charge in [0.25, 0.3) is 0 Å². The van der Waals surface area contributed by atoms with E-state index in [1.54, 1.807) is 0 Å². The van der Waals surface area contributed by atoms with Gasteiger partial charge >= 0.3 is 6.18 Å². The predicted molar refractivity (Wildman–Crippen MR) is 52.4 cm³/mol. The van der Waals surface area contributed by atoms with Gasteiger partial charge in [-0.1, -0.05) is 0 Å². The average molecular weight is 242 g/mol. The van der Waals surface area contributed by atoms with E-state index in [-0.39, 0.29) is 11.3 Å². The molecule has 17 heavy (non-hydrogen) atoms. The topological polar surface area (TPSA) is 25.8 Å². The highest BCUT2D eigenvalue weighted by atomic mass is 19.4. The van der Waals surface area contributed by atoms with Crippen LogP contribution in [0.1, 0.15) is 5.56 Å². The maximum absolute atomic E-state index is 13.0. The molecular weight excluding hydrogens is 236 g/mol. The van der Waals surface area contributed by atoms with Crippen LogP contribution < -0.4 is 0 Å². The molecule has 1 aromatic carbocycles. The summed E-state index contributed by atoms with van der Waals surface area (Å²) in [6.45, 7) is 0. The molecule has 1 heterocycles. The molecule has 2 rings (SSSR count). The zero-order chi connectivity index (χ0) is 12.5. The van der Waals surface area contributed by atoms with Gasteiger partial charge in [-0.25, -0.2) is 4.39 Å². The van der Waals surface area contributed by atoms with Crippen LogP contribution in [0.5, 0.6) is 0 Å². The lowest BCUT2D eigenvalue weighted by molar-refractivity contribution is -0.137. The lowest BCUT2D eigenvalue weighted by Crippen LogP contribution is -2.08. The second kappa shape index (κ2) is 4.12. The summed E-state index contributed by atoms with van der Waals surface area (Å²) >= 11 is 0. The minimum atomic E-state index is -4.56. The smallest absolute Gasteiger partial charge is 0.261 e. The van der Waals surface area contributed by atoms with Gasteiger partial charge in [0.2, 0.25) is 0 Å². The number of aromatic nitrogens is 2. The van der Waals surface area contributed by atoms with E-state index >= 15 is 0 Å². The van der Waals surface area contributed by atoms with Gasteiger partial charge in [0.1, 0.15) is 5.82 Å². The molecule has 0 saturated carbocycles. The maximum Gasteiger partial charge on any atom is 0.417 e. The van der Waals surface area contributed by atoms with Gasteiger partial charge < -0.3 is 0 Å². The number of nitrogens with zero attached hydrogens (tertiary/aromatic N) is 2. The van der Waals surface area contributed by atoms with Gasteiger partial charge in [-0.15, -0.1) is 0 Å². The number of hydrogen-bond donors (Lipinski definition) is 0. The molecule has 0 saturated heterocycles. The Labute approximate surface area is 94.0 Å². The fourth-order valence-electron chi connectivity index (χ4n) is 1.41. The summed E-state index contributed by atoms with van der Waals surface area (Å²) in [7, 11) is 0. The molecule has 2 nitrogen and oxygen atoms in total. The molecule has 0 atom stereocenters. The Balaban J connectivity index is 2.64. The number of rotatable bonds is 1. The molecule has 0 N–H and O–H groups in total. The standard InChI is InChI=1S/C11H6F4N2/c12-7-1-2-9(11(13,14)15)8(5-7)10-6-16-3-4-17-10/h1-6H. The predicted octanol–water partition coefficient (Wildman–Crippen LogP) is 3.30. The number of halogens is 4. The van der Waals surface area contributed by atoms with E-state index in [4.69, 9.17) is 0 Å². The Bertz CT molecular complexity index is 523. The van der Waals surface area contributed by atoms with Gasteiger partial charge in [-0.2, -0.15) is 13.2 Å². The van der Waals surface area contributed by atoms with E-state index < -0.39 is 17.6 Å². The van der Waals surface area contributed by atoms with Gasteiger partial charge in [-0.05, 0) is 18.2 Å². The van der Waals surface area contributed by atoms with Crippen LogP contribution in [0.15, 0.2) is 36.8 Å². The normalized spacial score (nSPS) is 11.5. The highest BCUT2D eigenvalue weighted by Crippen LogP contribution is 2.36. The summed E-state index contributed by atoms with van der Waals surface area (Å²) < 4.78 is 51.1. The van der Waals surface area contributed by atoms with Gasteiger partial charge in [0.15, 0.2) is 0 Å². The van der Waals surface area contributed by atoms with Crippen molar-refractivity contribution < 1.29 is 17.6 Å². The van der Waals surface area contributed by atoms with Crippen LogP contribution in [-0.2, 0) is 6.18 Å². The zero-order valence-corrected chi connectivity index (χ0v) is 8.37. The third-order valence-corrected chi connectivity index (χ3v) is 2.13. The third kappa shape index (κ3) is 2.41. The van der Waals surface area contributed by atoms with Crippen molar-refractivity contribution >= 4 is 0 Å². The molecule has 0 amide bonds. The van der Waals surface area contributed by atoms with E-state index in [2.05, 4.69) is 9.97 Å². The molecule has 0 aliphatic carbocycles. The fraction of sp³-hybridized carbons (Fsp3) is 0.0909. The van der Waals surface area contributed by atoms with Crippen LogP contribution >= 0.6 is 0 Å². The van der Waals surface area contributed by atoms with Crippen molar-refractivity contribution in [3.63, 3.8) is 0 Å². The molecule has 0 aliphatic rings. The molecule has 0 aliphatic heterocycles. The van der Waals surface area contributed by atoms with Crippen LogP contribution in [0, 0.1) is 5.82 Å². The highest BCUT2D eigenvalue weighted by Gasteiger charge is 2.34. The van der Waals surface area contributed by atoms with E-state index in [0.717, 1.165) is 18.3 Å². The first-order valence-corrected chi connectivity index (χ1v) is 4.61. The second-order valence-electron chi connectivity index (χ2n) is 3.28. The molecule has 0 unspecified atom stereocenters. The van der Waals surface area contributed by atoms with Crippen LogP contribution in [0.4, 0.5) is 17.6 Å². The minimum Gasteiger partial charge on any atom is -0.261 e. The third-order valence-electron chi connectivity index (χ3n) is 2.13. The molecule has 88 valence electrons. The summed E-state index contributed by atoms with van der Waals surface area (Å²) in [5, 5.41) is 0. The zero-order valence-electron chi connectivity index (χ0n) is 8.37. The number of benzene rings is 1. The molecule has 2 aromatic rings. The van der Waals surface area contributed by atoms with Crippen molar-refractivity contribution in [2.75, 3.05) is 0 Å². The molecule has 1 aromatic heterocycles. The molecule has 0 bridgehead atoms. The van der Waals surface area contributed by atoms with Crippen molar-refractivity contribution in [1.82, 2.24) is 9.97 Å². The fourth-order valence-corrected chi connectivity index (χ4v) is 1.41. The summed E-state index contributed by atoms with van der Waals surface area (Å²) in [5.74, 6) is -0.751. The van der Waals surface area contributed by atoms with E-state index in [1.165, 1.54) is 12.4 Å². The van der Waals surface area contributed by atoms with Crippen molar-refractivity contribution in [2.24, 2.45) is 0 Å². The largest absolute Gasteiger partial charge is 0.417 e. The summed E-state index contributed by atoms with van der Waals surface area (Å²) in [4.78, 5) is 7.40. The van der Waals surface area contributed by atoms with E-state index in [9.17, 15) is 17.6 Å². The monoisotopic (exact) mass is 242 g/mol. The number of hydrogen-bond acceptors (Lipinski definition) is 2. The van der Waals surface area contributed by atoms with Crippen molar-refractivity contribution in [1.29, 1.82) is 0 Å². The second-order valence-corrected chi connectivity index (χ2v) is 3.28. The quantitative estimate of drug-likeness (QED) is 0.717. The molecule has 6 heteroatoms. The Kier molecular flexibility index (Phi) is 2.79. The Hall–Kier alpha value is -1.98. The molecular formula is C11H6F4N2. The first-order valence-electron chi connectivity index (χ1n) is 4.61. The van der Waals surface area contributed by atoms with Gasteiger partial charge in [-0.3, -0.25) is 9.97 Å². The first kappa shape index (κ1) is 11.5. The highest BCUT2D eigenvalue weighted by molar-refractivity contribution is 5.63. The lowest BCUT2D eigenvalue weighted by atomic mass is 10.0. The number of alkyl halides is 3. The van der Waals surface area contributed by atoms with Crippen molar-refractivity contribution in [3.05, 3.63) is 48.2 Å². The van der Waals surface area contributed by atoms with Crippen LogP contribution in [0.25, 0.3) is 11.3 Å². The first-order chi connectivity index (χ1) is 7.98. The van der Waals surface area contributed by atoms with Crippen molar-refractivity contribution in [2.45, 2.75) is 6.18 Å². The van der Waals surface area contributed by atoms with Crippen LogP contribution in [-0.4, -0.2) is 9.97 Å². The van der Waals surface area contributed by atoms with E-state index in [0.29, 0.717) is 6.07 Å². The summed E-state index contributed by atoms with van der Waals surface area (Å²) in [6.07, 6.45) is -0.818. The Morgan fingerprint density at radius 3 is 2.41 bits per heavy atom. The Morgan fingerprint density at radius 2 is 1.82 bits per heavy atom. The van der Waals surface area contributed by atoms with Crippen LogP contribution in [0.2, 0.25) is 0 Å². The SMILES string of the molecule is Fc1ccc(C(F)(F)F)c(-c2cnccn2)c1. The summed E-state index contributed by atoms with van der Waals surface area (Å²) in [6, 6.07) is 2.26. The minimum absolute atomic E-state index is 0.0145.